The Labute approximate surface area is 189 Å². The van der Waals surface area contributed by atoms with Crippen LogP contribution >= 0.6 is 0 Å². The molecule has 2 aromatic rings. The molecule has 0 N–H and O–H groups in total. The molecule has 0 bridgehead atoms. The molecule has 2 aliphatic heterocycles. The Hall–Kier alpha value is -3.15. The van der Waals surface area contributed by atoms with E-state index in [9.17, 15) is 9.59 Å². The number of carbonyl (C=O) groups excluding carboxylic acids is 2. The predicted molar refractivity (Wildman–Crippen MR) is 124 cm³/mol. The molecule has 1 fully saturated rings. The zero-order valence-electron chi connectivity index (χ0n) is 19.3. The molecule has 0 aromatic heterocycles. The number of nitrogens with zero attached hydrogens (tertiary/aromatic N) is 2. The fourth-order valence-corrected chi connectivity index (χ4v) is 4.90. The van der Waals surface area contributed by atoms with Gasteiger partial charge in [0.1, 0.15) is 17.1 Å². The van der Waals surface area contributed by atoms with Gasteiger partial charge < -0.3 is 19.2 Å². The van der Waals surface area contributed by atoms with Gasteiger partial charge in [-0.2, -0.15) is 0 Å². The Morgan fingerprint density at radius 1 is 1.16 bits per heavy atom. The van der Waals surface area contributed by atoms with E-state index in [-0.39, 0.29) is 17.8 Å². The summed E-state index contributed by atoms with van der Waals surface area (Å²) in [5.41, 5.74) is 2.50. The number of hydrogen-bond donors (Lipinski definition) is 0. The third kappa shape index (κ3) is 3.90. The van der Waals surface area contributed by atoms with Crippen molar-refractivity contribution < 1.29 is 19.1 Å². The molecule has 1 amide bonds. The van der Waals surface area contributed by atoms with Crippen molar-refractivity contribution in [2.75, 3.05) is 20.2 Å². The van der Waals surface area contributed by atoms with E-state index in [0.717, 1.165) is 28.3 Å². The summed E-state index contributed by atoms with van der Waals surface area (Å²) in [7, 11) is 1.64. The zero-order valence-corrected chi connectivity index (χ0v) is 19.3. The van der Waals surface area contributed by atoms with Crippen molar-refractivity contribution in [3.8, 4) is 5.75 Å². The third-order valence-corrected chi connectivity index (χ3v) is 6.15. The molecule has 2 atom stereocenters. The average molecular weight is 435 g/mol. The maximum absolute atomic E-state index is 13.1. The molecule has 6 heteroatoms. The van der Waals surface area contributed by atoms with E-state index in [2.05, 4.69) is 0 Å². The minimum Gasteiger partial charge on any atom is -0.497 e. The molecule has 1 saturated heterocycles. The van der Waals surface area contributed by atoms with Gasteiger partial charge in [-0.05, 0) is 57.0 Å². The number of carbonyl (C=O) groups is 2. The minimum absolute atomic E-state index is 0.0872. The van der Waals surface area contributed by atoms with Crippen LogP contribution in [0.25, 0.3) is 0 Å². The van der Waals surface area contributed by atoms with Crippen molar-refractivity contribution in [3.63, 3.8) is 0 Å². The molecule has 0 aliphatic carbocycles. The van der Waals surface area contributed by atoms with Gasteiger partial charge in [-0.25, -0.2) is 4.79 Å². The van der Waals surface area contributed by atoms with Gasteiger partial charge in [-0.3, -0.25) is 4.99 Å². The van der Waals surface area contributed by atoms with Crippen LogP contribution in [0.2, 0.25) is 0 Å². The second kappa shape index (κ2) is 8.08. The Bertz CT molecular complexity index is 1070. The number of aliphatic imine (C=N–C) groups is 1. The van der Waals surface area contributed by atoms with Gasteiger partial charge in [-0.1, -0.05) is 30.3 Å². The highest BCUT2D eigenvalue weighted by Crippen LogP contribution is 2.52. The highest BCUT2D eigenvalue weighted by atomic mass is 16.6. The van der Waals surface area contributed by atoms with Gasteiger partial charge in [0.05, 0.1) is 23.9 Å². The smallest absolute Gasteiger partial charge is 0.410 e. The van der Waals surface area contributed by atoms with Gasteiger partial charge >= 0.3 is 6.09 Å². The van der Waals surface area contributed by atoms with Gasteiger partial charge in [0.15, 0.2) is 0 Å². The number of likely N-dealkylation sites (tertiary alicyclic amines) is 1. The first-order valence-corrected chi connectivity index (χ1v) is 10.9. The van der Waals surface area contributed by atoms with E-state index < -0.39 is 11.0 Å². The predicted octanol–water partition coefficient (Wildman–Crippen LogP) is 4.91. The number of amides is 1. The SMILES string of the molecule is COc1ccc2c(c1)C1(CN(C(=O)OC(C)(C)C)CC1CC(C)=O)C(c1ccccc1)=N2. The number of fused-ring (bicyclic) bond motifs is 2. The molecular weight excluding hydrogens is 404 g/mol. The molecule has 4 rings (SSSR count). The van der Waals surface area contributed by atoms with Crippen molar-refractivity contribution in [3.05, 3.63) is 59.7 Å². The molecule has 2 aliphatic rings. The number of Topliss-reactive ketones (excluding diaryl/α,β-unsaturated/α-hetero) is 1. The van der Waals surface area contributed by atoms with Crippen molar-refractivity contribution in [1.82, 2.24) is 4.90 Å². The number of methoxy groups -OCH3 is 1. The number of rotatable bonds is 4. The van der Waals surface area contributed by atoms with E-state index >= 15 is 0 Å². The topological polar surface area (TPSA) is 68.2 Å². The molecule has 2 heterocycles. The van der Waals surface area contributed by atoms with E-state index in [4.69, 9.17) is 14.5 Å². The minimum atomic E-state index is -0.617. The lowest BCUT2D eigenvalue weighted by atomic mass is 9.67. The summed E-state index contributed by atoms with van der Waals surface area (Å²) in [5, 5.41) is 0. The van der Waals surface area contributed by atoms with Gasteiger partial charge in [-0.15, -0.1) is 0 Å². The Balaban J connectivity index is 1.87. The number of benzene rings is 2. The van der Waals surface area contributed by atoms with Crippen LogP contribution in [0.4, 0.5) is 10.5 Å². The summed E-state index contributed by atoms with van der Waals surface area (Å²) in [5.74, 6) is 0.689. The monoisotopic (exact) mass is 434 g/mol. The Morgan fingerprint density at radius 2 is 1.88 bits per heavy atom. The van der Waals surface area contributed by atoms with Crippen LogP contribution in [-0.4, -0.2) is 48.3 Å². The standard InChI is InChI=1S/C26H30N2O4/c1-17(29)13-19-15-28(24(30)32-25(2,3)4)16-26(19)21-14-20(31-5)11-12-22(21)27-23(26)18-9-7-6-8-10-18/h6-12,14,19H,13,15-16H2,1-5H3. The molecule has 0 saturated carbocycles. The summed E-state index contributed by atoms with van der Waals surface area (Å²) in [4.78, 5) is 32.1. The fraction of sp³-hybridized carbons (Fsp3) is 0.423. The van der Waals surface area contributed by atoms with Crippen molar-refractivity contribution in [1.29, 1.82) is 0 Å². The van der Waals surface area contributed by atoms with Crippen molar-refractivity contribution in [2.45, 2.75) is 45.1 Å². The average Bonchev–Trinajstić information content (AvgIpc) is 3.26. The number of ketones is 1. The van der Waals surface area contributed by atoms with Crippen molar-refractivity contribution >= 4 is 23.3 Å². The largest absolute Gasteiger partial charge is 0.497 e. The number of hydrogen-bond acceptors (Lipinski definition) is 5. The Morgan fingerprint density at radius 3 is 2.50 bits per heavy atom. The van der Waals surface area contributed by atoms with Crippen LogP contribution in [0.5, 0.6) is 5.75 Å². The lowest BCUT2D eigenvalue weighted by molar-refractivity contribution is -0.118. The first-order valence-electron chi connectivity index (χ1n) is 10.9. The van der Waals surface area contributed by atoms with Crippen molar-refractivity contribution in [2.24, 2.45) is 10.9 Å². The highest BCUT2D eigenvalue weighted by Gasteiger charge is 2.56. The van der Waals surface area contributed by atoms with E-state index in [1.165, 1.54) is 0 Å². The molecule has 2 aromatic carbocycles. The zero-order chi connectivity index (χ0) is 23.1. The molecule has 32 heavy (non-hydrogen) atoms. The van der Waals surface area contributed by atoms with E-state index in [0.29, 0.717) is 19.5 Å². The second-order valence-corrected chi connectivity index (χ2v) is 9.64. The first-order chi connectivity index (χ1) is 15.1. The first kappa shape index (κ1) is 22.1. The van der Waals surface area contributed by atoms with Gasteiger partial charge in [0, 0.05) is 25.4 Å². The van der Waals surface area contributed by atoms with E-state index in [1.54, 1.807) is 18.9 Å². The van der Waals surface area contributed by atoms with Crippen LogP contribution in [0.3, 0.4) is 0 Å². The van der Waals surface area contributed by atoms with Crippen LogP contribution in [0.15, 0.2) is 53.5 Å². The molecule has 1 spiro atoms. The van der Waals surface area contributed by atoms with Gasteiger partial charge in [0.25, 0.3) is 0 Å². The summed E-state index contributed by atoms with van der Waals surface area (Å²) >= 11 is 0. The van der Waals surface area contributed by atoms with Crippen LogP contribution in [-0.2, 0) is 14.9 Å². The molecule has 6 nitrogen and oxygen atoms in total. The fourth-order valence-electron chi connectivity index (χ4n) is 4.90. The van der Waals surface area contributed by atoms with Gasteiger partial charge in [0.2, 0.25) is 0 Å². The maximum atomic E-state index is 13.1. The van der Waals surface area contributed by atoms with Crippen LogP contribution in [0.1, 0.15) is 45.2 Å². The molecule has 2 unspecified atom stereocenters. The second-order valence-electron chi connectivity index (χ2n) is 9.64. The van der Waals surface area contributed by atoms with E-state index in [1.807, 2.05) is 69.3 Å². The number of ether oxygens (including phenoxy) is 2. The highest BCUT2D eigenvalue weighted by molar-refractivity contribution is 6.14. The molecule has 0 radical (unpaired) electrons. The normalized spacial score (nSPS) is 22.0. The van der Waals surface area contributed by atoms with Crippen LogP contribution < -0.4 is 4.74 Å². The van der Waals surface area contributed by atoms with Crippen LogP contribution in [0, 0.1) is 5.92 Å². The quantitative estimate of drug-likeness (QED) is 0.685. The summed E-state index contributed by atoms with van der Waals surface area (Å²) in [6.45, 7) is 8.00. The summed E-state index contributed by atoms with van der Waals surface area (Å²) in [6, 6.07) is 15.8. The molecular formula is C26H30N2O4. The summed E-state index contributed by atoms with van der Waals surface area (Å²) < 4.78 is 11.2. The lowest BCUT2D eigenvalue weighted by Gasteiger charge is -2.33. The third-order valence-electron chi connectivity index (χ3n) is 6.15. The summed E-state index contributed by atoms with van der Waals surface area (Å²) in [6.07, 6.45) is -0.0198. The lowest BCUT2D eigenvalue weighted by Crippen LogP contribution is -2.43. The maximum Gasteiger partial charge on any atom is 0.410 e. The Kier molecular flexibility index (Phi) is 5.57. The molecule has 168 valence electrons.